The summed E-state index contributed by atoms with van der Waals surface area (Å²) in [4.78, 5) is 13.0. The van der Waals surface area contributed by atoms with Gasteiger partial charge in [0.2, 0.25) is 10.0 Å². The van der Waals surface area contributed by atoms with Gasteiger partial charge >= 0.3 is 5.97 Å². The van der Waals surface area contributed by atoms with Gasteiger partial charge in [0, 0.05) is 31.2 Å². The first-order valence-corrected chi connectivity index (χ1v) is 10.1. The SMILES string of the molecule is O=C(O)COc1ccc(Cl)cc1N1CCN(S(=O)(=O)c2ccccc2)CC1. The van der Waals surface area contributed by atoms with E-state index in [1.165, 1.54) is 4.31 Å². The molecule has 1 N–H and O–H groups in total. The molecular weight excluding hydrogens is 392 g/mol. The topological polar surface area (TPSA) is 87.2 Å². The van der Waals surface area contributed by atoms with E-state index >= 15 is 0 Å². The van der Waals surface area contributed by atoms with Crippen molar-refractivity contribution >= 4 is 33.3 Å². The molecule has 7 nitrogen and oxygen atoms in total. The van der Waals surface area contributed by atoms with E-state index in [4.69, 9.17) is 21.4 Å². The third-order valence-corrected chi connectivity index (χ3v) is 6.38. The van der Waals surface area contributed by atoms with Gasteiger partial charge in [-0.3, -0.25) is 0 Å². The molecule has 1 fully saturated rings. The number of carboxylic acid groups (broad SMARTS) is 1. The molecule has 27 heavy (non-hydrogen) atoms. The number of rotatable bonds is 6. The van der Waals surface area contributed by atoms with E-state index in [9.17, 15) is 13.2 Å². The van der Waals surface area contributed by atoms with Crippen LogP contribution in [0.15, 0.2) is 53.4 Å². The maximum absolute atomic E-state index is 12.7. The number of halogens is 1. The highest BCUT2D eigenvalue weighted by molar-refractivity contribution is 7.89. The van der Waals surface area contributed by atoms with Gasteiger partial charge in [-0.05, 0) is 30.3 Å². The summed E-state index contributed by atoms with van der Waals surface area (Å²) >= 11 is 6.08. The zero-order chi connectivity index (χ0) is 19.4. The quantitative estimate of drug-likeness (QED) is 0.786. The molecule has 1 saturated heterocycles. The summed E-state index contributed by atoms with van der Waals surface area (Å²) in [5, 5.41) is 9.32. The lowest BCUT2D eigenvalue weighted by atomic mass is 10.2. The Morgan fingerprint density at radius 1 is 1.07 bits per heavy atom. The van der Waals surface area contributed by atoms with Gasteiger partial charge in [0.1, 0.15) is 5.75 Å². The van der Waals surface area contributed by atoms with Crippen LogP contribution in [0.25, 0.3) is 0 Å². The predicted molar refractivity (Wildman–Crippen MR) is 102 cm³/mol. The van der Waals surface area contributed by atoms with E-state index in [-0.39, 0.29) is 4.90 Å². The normalized spacial score (nSPS) is 15.5. The summed E-state index contributed by atoms with van der Waals surface area (Å²) in [6.45, 7) is 1.03. The standard InChI is InChI=1S/C18H19ClN2O5S/c19-14-6-7-17(26-13-18(22)23)16(12-14)20-8-10-21(11-9-20)27(24,25)15-4-2-1-3-5-15/h1-7,12H,8-11,13H2,(H,22,23). The maximum atomic E-state index is 12.7. The summed E-state index contributed by atoms with van der Waals surface area (Å²) < 4.78 is 32.2. The van der Waals surface area contributed by atoms with Gasteiger partial charge in [0.25, 0.3) is 0 Å². The average Bonchev–Trinajstić information content (AvgIpc) is 2.67. The molecule has 0 bridgehead atoms. The minimum atomic E-state index is -3.54. The van der Waals surface area contributed by atoms with E-state index in [0.717, 1.165) is 0 Å². The van der Waals surface area contributed by atoms with Gasteiger partial charge in [0.15, 0.2) is 6.61 Å². The molecule has 1 aliphatic rings. The van der Waals surface area contributed by atoms with Crippen molar-refractivity contribution in [3.05, 3.63) is 53.6 Å². The molecule has 2 aromatic rings. The Balaban J connectivity index is 1.74. The van der Waals surface area contributed by atoms with Crippen molar-refractivity contribution in [3.8, 4) is 5.75 Å². The number of sulfonamides is 1. The molecule has 2 aromatic carbocycles. The Labute approximate surface area is 162 Å². The smallest absolute Gasteiger partial charge is 0.341 e. The van der Waals surface area contributed by atoms with Crippen molar-refractivity contribution in [2.24, 2.45) is 0 Å². The summed E-state index contributed by atoms with van der Waals surface area (Å²) in [6.07, 6.45) is 0. The van der Waals surface area contributed by atoms with Crippen LogP contribution in [0, 0.1) is 0 Å². The molecule has 0 amide bonds. The van der Waals surface area contributed by atoms with Crippen LogP contribution in [0.3, 0.4) is 0 Å². The van der Waals surface area contributed by atoms with Crippen LogP contribution < -0.4 is 9.64 Å². The van der Waals surface area contributed by atoms with Crippen LogP contribution in [-0.2, 0) is 14.8 Å². The van der Waals surface area contributed by atoms with Crippen LogP contribution in [0.2, 0.25) is 5.02 Å². The van der Waals surface area contributed by atoms with Gasteiger partial charge in [-0.25, -0.2) is 13.2 Å². The first-order valence-electron chi connectivity index (χ1n) is 8.32. The number of carbonyl (C=O) groups is 1. The monoisotopic (exact) mass is 410 g/mol. The Bertz CT molecular complexity index is 913. The summed E-state index contributed by atoms with van der Waals surface area (Å²) in [5.41, 5.74) is 0.653. The molecule has 0 unspecified atom stereocenters. The molecule has 0 atom stereocenters. The predicted octanol–water partition coefficient (Wildman–Crippen LogP) is 2.31. The fraction of sp³-hybridized carbons (Fsp3) is 0.278. The van der Waals surface area contributed by atoms with Gasteiger partial charge in [0.05, 0.1) is 10.6 Å². The minimum absolute atomic E-state index is 0.270. The molecule has 0 saturated carbocycles. The van der Waals surface area contributed by atoms with Crippen molar-refractivity contribution in [2.75, 3.05) is 37.7 Å². The zero-order valence-electron chi connectivity index (χ0n) is 14.4. The number of carboxylic acids is 1. The number of piperazine rings is 1. The van der Waals surface area contributed by atoms with Crippen LogP contribution >= 0.6 is 11.6 Å². The lowest BCUT2D eigenvalue weighted by Crippen LogP contribution is -2.48. The number of aliphatic carboxylic acids is 1. The second kappa shape index (κ2) is 8.16. The van der Waals surface area contributed by atoms with Crippen molar-refractivity contribution in [3.63, 3.8) is 0 Å². The number of nitrogens with zero attached hydrogens (tertiary/aromatic N) is 2. The lowest BCUT2D eigenvalue weighted by Gasteiger charge is -2.36. The maximum Gasteiger partial charge on any atom is 0.341 e. The Kier molecular flexibility index (Phi) is 5.88. The molecule has 0 aromatic heterocycles. The van der Waals surface area contributed by atoms with Crippen LogP contribution in [0.5, 0.6) is 5.75 Å². The van der Waals surface area contributed by atoms with Crippen molar-refractivity contribution in [2.45, 2.75) is 4.90 Å². The Morgan fingerprint density at radius 2 is 1.74 bits per heavy atom. The number of anilines is 1. The second-order valence-electron chi connectivity index (χ2n) is 6.00. The molecule has 144 valence electrons. The van der Waals surface area contributed by atoms with Gasteiger partial charge in [-0.1, -0.05) is 29.8 Å². The number of hydrogen-bond donors (Lipinski definition) is 1. The van der Waals surface area contributed by atoms with Crippen molar-refractivity contribution < 1.29 is 23.1 Å². The number of hydrogen-bond acceptors (Lipinski definition) is 5. The second-order valence-corrected chi connectivity index (χ2v) is 8.37. The Hall–Kier alpha value is -2.29. The van der Waals surface area contributed by atoms with Gasteiger partial charge < -0.3 is 14.7 Å². The largest absolute Gasteiger partial charge is 0.480 e. The molecule has 0 spiro atoms. The van der Waals surface area contributed by atoms with E-state index in [0.29, 0.717) is 42.6 Å². The highest BCUT2D eigenvalue weighted by Crippen LogP contribution is 2.32. The van der Waals surface area contributed by atoms with E-state index < -0.39 is 22.6 Å². The van der Waals surface area contributed by atoms with E-state index in [1.807, 2.05) is 4.90 Å². The number of benzene rings is 2. The molecule has 0 aliphatic carbocycles. The first-order chi connectivity index (χ1) is 12.9. The van der Waals surface area contributed by atoms with Crippen LogP contribution in [0.4, 0.5) is 5.69 Å². The molecular formula is C18H19ClN2O5S. The molecule has 0 radical (unpaired) electrons. The van der Waals surface area contributed by atoms with Gasteiger partial charge in [-0.15, -0.1) is 0 Å². The van der Waals surface area contributed by atoms with Crippen LogP contribution in [0.1, 0.15) is 0 Å². The van der Waals surface area contributed by atoms with E-state index in [2.05, 4.69) is 0 Å². The third kappa shape index (κ3) is 4.52. The lowest BCUT2D eigenvalue weighted by molar-refractivity contribution is -0.139. The summed E-state index contributed by atoms with van der Waals surface area (Å²) in [5.74, 6) is -0.671. The minimum Gasteiger partial charge on any atom is -0.480 e. The number of ether oxygens (including phenoxy) is 1. The molecule has 1 aliphatic heterocycles. The van der Waals surface area contributed by atoms with Crippen molar-refractivity contribution in [1.29, 1.82) is 0 Å². The van der Waals surface area contributed by atoms with Crippen LogP contribution in [-0.4, -0.2) is 56.6 Å². The van der Waals surface area contributed by atoms with Crippen molar-refractivity contribution in [1.82, 2.24) is 4.31 Å². The fourth-order valence-electron chi connectivity index (χ4n) is 2.91. The molecule has 9 heteroatoms. The third-order valence-electron chi connectivity index (χ3n) is 4.23. The summed E-state index contributed by atoms with van der Waals surface area (Å²) in [7, 11) is -3.54. The first kappa shape index (κ1) is 19.5. The fourth-order valence-corrected chi connectivity index (χ4v) is 4.52. The van der Waals surface area contributed by atoms with E-state index in [1.54, 1.807) is 48.5 Å². The Morgan fingerprint density at radius 3 is 2.37 bits per heavy atom. The van der Waals surface area contributed by atoms with Gasteiger partial charge in [-0.2, -0.15) is 4.31 Å². The molecule has 3 rings (SSSR count). The molecule has 1 heterocycles. The average molecular weight is 411 g/mol. The summed E-state index contributed by atoms with van der Waals surface area (Å²) in [6, 6.07) is 13.3. The highest BCUT2D eigenvalue weighted by atomic mass is 35.5. The zero-order valence-corrected chi connectivity index (χ0v) is 16.0. The highest BCUT2D eigenvalue weighted by Gasteiger charge is 2.29.